The summed E-state index contributed by atoms with van der Waals surface area (Å²) in [5.41, 5.74) is 1.12. The van der Waals surface area contributed by atoms with Gasteiger partial charge >= 0.3 is 0 Å². The Bertz CT molecular complexity index is 1040. The van der Waals surface area contributed by atoms with E-state index in [-0.39, 0.29) is 5.91 Å². The van der Waals surface area contributed by atoms with Gasteiger partial charge in [0.15, 0.2) is 0 Å². The minimum absolute atomic E-state index is 0.261. The molecule has 0 bridgehead atoms. The third-order valence-electron chi connectivity index (χ3n) is 4.81. The van der Waals surface area contributed by atoms with Gasteiger partial charge in [-0.25, -0.2) is 0 Å². The minimum Gasteiger partial charge on any atom is -0.477 e. The van der Waals surface area contributed by atoms with Crippen molar-refractivity contribution in [1.29, 1.82) is 0 Å². The number of nitrogens with one attached hydrogen (secondary N) is 1. The first-order chi connectivity index (χ1) is 14.1. The van der Waals surface area contributed by atoms with Crippen molar-refractivity contribution in [3.05, 3.63) is 69.7 Å². The Morgan fingerprint density at radius 2 is 1.86 bits per heavy atom. The van der Waals surface area contributed by atoms with E-state index in [2.05, 4.69) is 26.1 Å². The topological polar surface area (TPSA) is 50.8 Å². The highest BCUT2D eigenvalue weighted by molar-refractivity contribution is 9.10. The van der Waals surface area contributed by atoms with Crippen LogP contribution in [0.3, 0.4) is 0 Å². The number of halogens is 2. The van der Waals surface area contributed by atoms with E-state index in [4.69, 9.17) is 21.1 Å². The molecule has 0 aromatic heterocycles. The number of carbonyl (C=O) groups is 1. The Hall–Kier alpha value is -2.12. The standard InChI is InChI=1S/C22H20BrClN2O3/c23-15-5-6-19(24)18(13-15)22(27)25-20-7-8-21(17-4-2-1-3-16(17)20)29-14-26-9-11-28-12-10-26/h1-8,13H,9-12,14H2,(H,25,27). The molecule has 0 radical (unpaired) electrons. The number of amides is 1. The van der Waals surface area contributed by atoms with Gasteiger partial charge in [-0.05, 0) is 30.3 Å². The van der Waals surface area contributed by atoms with Gasteiger partial charge in [0.1, 0.15) is 12.5 Å². The van der Waals surface area contributed by atoms with E-state index in [1.54, 1.807) is 18.2 Å². The van der Waals surface area contributed by atoms with Crippen LogP contribution in [0, 0.1) is 0 Å². The first kappa shape index (κ1) is 20.2. The third kappa shape index (κ3) is 4.73. The highest BCUT2D eigenvalue weighted by Crippen LogP contribution is 2.32. The molecule has 1 saturated heterocycles. The van der Waals surface area contributed by atoms with Crippen molar-refractivity contribution in [3.8, 4) is 5.75 Å². The van der Waals surface area contributed by atoms with Gasteiger partial charge in [-0.15, -0.1) is 0 Å². The SMILES string of the molecule is O=C(Nc1ccc(OCN2CCOCC2)c2ccccc12)c1cc(Br)ccc1Cl. The normalized spacial score (nSPS) is 14.7. The van der Waals surface area contributed by atoms with Crippen molar-refractivity contribution in [1.82, 2.24) is 4.90 Å². The Balaban J connectivity index is 1.57. The van der Waals surface area contributed by atoms with Crippen molar-refractivity contribution < 1.29 is 14.3 Å². The highest BCUT2D eigenvalue weighted by Gasteiger charge is 2.15. The number of hydrogen-bond donors (Lipinski definition) is 1. The summed E-state index contributed by atoms with van der Waals surface area (Å²) in [7, 11) is 0. The van der Waals surface area contributed by atoms with Gasteiger partial charge in [0.25, 0.3) is 5.91 Å². The van der Waals surface area contributed by atoms with Crippen molar-refractivity contribution in [2.24, 2.45) is 0 Å². The zero-order valence-electron chi connectivity index (χ0n) is 15.7. The van der Waals surface area contributed by atoms with E-state index in [1.165, 1.54) is 0 Å². The molecule has 0 aliphatic carbocycles. The Kier molecular flexibility index (Phi) is 6.35. The van der Waals surface area contributed by atoms with E-state index in [0.717, 1.165) is 47.3 Å². The van der Waals surface area contributed by atoms with E-state index >= 15 is 0 Å². The van der Waals surface area contributed by atoms with Gasteiger partial charge in [0.2, 0.25) is 0 Å². The molecule has 3 aromatic carbocycles. The van der Waals surface area contributed by atoms with Crippen molar-refractivity contribution in [2.75, 3.05) is 38.4 Å². The number of morpholine rings is 1. The lowest BCUT2D eigenvalue weighted by atomic mass is 10.1. The summed E-state index contributed by atoms with van der Waals surface area (Å²) in [6.07, 6.45) is 0. The molecule has 1 aliphatic heterocycles. The predicted octanol–water partition coefficient (Wildman–Crippen LogP) is 5.18. The van der Waals surface area contributed by atoms with Crippen LogP contribution in [0.5, 0.6) is 5.75 Å². The number of benzene rings is 3. The van der Waals surface area contributed by atoms with Gasteiger partial charge in [-0.3, -0.25) is 9.69 Å². The van der Waals surface area contributed by atoms with E-state index in [0.29, 0.717) is 23.0 Å². The number of hydrogen-bond acceptors (Lipinski definition) is 4. The lowest BCUT2D eigenvalue weighted by Gasteiger charge is -2.26. The molecule has 29 heavy (non-hydrogen) atoms. The molecule has 0 atom stereocenters. The van der Waals surface area contributed by atoms with E-state index in [9.17, 15) is 4.79 Å². The maximum absolute atomic E-state index is 12.8. The van der Waals surface area contributed by atoms with Crippen molar-refractivity contribution in [2.45, 2.75) is 0 Å². The molecule has 4 rings (SSSR count). The van der Waals surface area contributed by atoms with Gasteiger partial charge in [-0.1, -0.05) is 51.8 Å². The summed E-state index contributed by atoms with van der Waals surface area (Å²) in [6.45, 7) is 3.69. The van der Waals surface area contributed by atoms with Crippen LogP contribution in [0.25, 0.3) is 10.8 Å². The molecule has 7 heteroatoms. The van der Waals surface area contributed by atoms with Gasteiger partial charge < -0.3 is 14.8 Å². The number of carbonyl (C=O) groups excluding carboxylic acids is 1. The van der Waals surface area contributed by atoms with Crippen LogP contribution in [0.15, 0.2) is 59.1 Å². The summed E-state index contributed by atoms with van der Waals surface area (Å²) >= 11 is 9.58. The molecule has 150 valence electrons. The summed E-state index contributed by atoms with van der Waals surface area (Å²) < 4.78 is 12.2. The van der Waals surface area contributed by atoms with Crippen LogP contribution in [0.1, 0.15) is 10.4 Å². The Morgan fingerprint density at radius 1 is 1.10 bits per heavy atom. The first-order valence-electron chi connectivity index (χ1n) is 9.33. The van der Waals surface area contributed by atoms with Gasteiger partial charge in [0, 0.05) is 34.0 Å². The summed E-state index contributed by atoms with van der Waals surface area (Å²) in [4.78, 5) is 15.0. The Labute approximate surface area is 182 Å². The molecular formula is C22H20BrClN2O3. The summed E-state index contributed by atoms with van der Waals surface area (Å²) in [5, 5.41) is 5.23. The molecule has 1 heterocycles. The van der Waals surface area contributed by atoms with Gasteiger partial charge in [0.05, 0.1) is 23.8 Å². The average Bonchev–Trinajstić information content (AvgIpc) is 2.75. The van der Waals surface area contributed by atoms with Crippen molar-refractivity contribution >= 4 is 49.9 Å². The maximum Gasteiger partial charge on any atom is 0.257 e. The third-order valence-corrected chi connectivity index (χ3v) is 5.63. The molecule has 0 unspecified atom stereocenters. The fraction of sp³-hybridized carbons (Fsp3) is 0.227. The lowest BCUT2D eigenvalue weighted by Crippen LogP contribution is -2.38. The average molecular weight is 476 g/mol. The smallest absolute Gasteiger partial charge is 0.257 e. The molecule has 0 saturated carbocycles. The molecular weight excluding hydrogens is 456 g/mol. The van der Waals surface area contributed by atoms with E-state index < -0.39 is 0 Å². The number of ether oxygens (including phenoxy) is 2. The molecule has 1 aliphatic rings. The minimum atomic E-state index is -0.261. The van der Waals surface area contributed by atoms with Crippen LogP contribution in [-0.2, 0) is 4.74 Å². The molecule has 1 fully saturated rings. The van der Waals surface area contributed by atoms with Crippen molar-refractivity contribution in [3.63, 3.8) is 0 Å². The lowest BCUT2D eigenvalue weighted by molar-refractivity contribution is 0.00443. The van der Waals surface area contributed by atoms with Crippen LogP contribution in [0.2, 0.25) is 5.02 Å². The summed E-state index contributed by atoms with van der Waals surface area (Å²) in [6, 6.07) is 16.8. The van der Waals surface area contributed by atoms with Crippen LogP contribution >= 0.6 is 27.5 Å². The number of nitrogens with zero attached hydrogens (tertiary/aromatic N) is 1. The highest BCUT2D eigenvalue weighted by atomic mass is 79.9. The number of anilines is 1. The second kappa shape index (κ2) is 9.13. The summed E-state index contributed by atoms with van der Waals surface area (Å²) in [5.74, 6) is 0.522. The molecule has 3 aromatic rings. The molecule has 1 amide bonds. The van der Waals surface area contributed by atoms with Crippen LogP contribution < -0.4 is 10.1 Å². The first-order valence-corrected chi connectivity index (χ1v) is 10.5. The molecule has 0 spiro atoms. The van der Waals surface area contributed by atoms with Gasteiger partial charge in [-0.2, -0.15) is 0 Å². The fourth-order valence-corrected chi connectivity index (χ4v) is 3.82. The second-order valence-electron chi connectivity index (χ2n) is 6.74. The largest absolute Gasteiger partial charge is 0.477 e. The Morgan fingerprint density at radius 3 is 2.66 bits per heavy atom. The quantitative estimate of drug-likeness (QED) is 0.553. The zero-order chi connectivity index (χ0) is 20.2. The van der Waals surface area contributed by atoms with Crippen LogP contribution in [-0.4, -0.2) is 43.8 Å². The van der Waals surface area contributed by atoms with Crippen LogP contribution in [0.4, 0.5) is 5.69 Å². The maximum atomic E-state index is 12.8. The number of rotatable bonds is 5. The fourth-order valence-electron chi connectivity index (χ4n) is 3.26. The van der Waals surface area contributed by atoms with E-state index in [1.807, 2.05) is 36.4 Å². The predicted molar refractivity (Wildman–Crippen MR) is 119 cm³/mol. The molecule has 5 nitrogen and oxygen atoms in total. The monoisotopic (exact) mass is 474 g/mol. The molecule has 1 N–H and O–H groups in total. The zero-order valence-corrected chi connectivity index (χ0v) is 18.0. The second-order valence-corrected chi connectivity index (χ2v) is 8.06. The number of fused-ring (bicyclic) bond motifs is 1.